The quantitative estimate of drug-likeness (QED) is 0.653. The molecule has 1 aromatic carbocycles. The second-order valence-electron chi connectivity index (χ2n) is 5.96. The summed E-state index contributed by atoms with van der Waals surface area (Å²) in [7, 11) is 2.03. The van der Waals surface area contributed by atoms with Gasteiger partial charge in [-0.15, -0.1) is 5.10 Å². The van der Waals surface area contributed by atoms with Crippen LogP contribution in [-0.2, 0) is 6.18 Å². The lowest BCUT2D eigenvalue weighted by molar-refractivity contribution is -0.137. The highest BCUT2D eigenvalue weighted by Crippen LogP contribution is 2.37. The largest absolute Gasteiger partial charge is 0.417 e. The van der Waals surface area contributed by atoms with Crippen molar-refractivity contribution in [1.82, 2.24) is 29.9 Å². The van der Waals surface area contributed by atoms with Gasteiger partial charge in [0.2, 0.25) is 5.65 Å². The predicted octanol–water partition coefficient (Wildman–Crippen LogP) is 2.10. The van der Waals surface area contributed by atoms with Crippen LogP contribution in [0.5, 0.6) is 0 Å². The number of hydrogen-bond donors (Lipinski definition) is 0. The molecule has 0 unspecified atom stereocenters. The van der Waals surface area contributed by atoms with Gasteiger partial charge in [0.25, 0.3) is 0 Å². The van der Waals surface area contributed by atoms with E-state index in [1.165, 1.54) is 10.6 Å². The van der Waals surface area contributed by atoms with E-state index in [1.807, 2.05) is 11.9 Å². The summed E-state index contributed by atoms with van der Waals surface area (Å²) < 4.78 is 40.7. The Kier molecular flexibility index (Phi) is 3.69. The minimum atomic E-state index is -4.57. The molecule has 7 nitrogen and oxygen atoms in total. The number of rotatable bonds is 1. The molecule has 11 heteroatoms. The predicted molar refractivity (Wildman–Crippen MR) is 85.8 cm³/mol. The number of likely N-dealkylation sites (N-methyl/N-ethyl adjacent to an activating group) is 1. The summed E-state index contributed by atoms with van der Waals surface area (Å²) in [6.07, 6.45) is -4.57. The van der Waals surface area contributed by atoms with Crippen LogP contribution in [0.15, 0.2) is 12.1 Å². The number of aromatic nitrogens is 5. The number of benzene rings is 1. The minimum Gasteiger partial charge on any atom is -0.351 e. The zero-order valence-corrected chi connectivity index (χ0v) is 13.9. The zero-order chi connectivity index (χ0) is 17.8. The second kappa shape index (κ2) is 5.67. The first kappa shape index (κ1) is 16.3. The fourth-order valence-corrected chi connectivity index (χ4v) is 3.18. The van der Waals surface area contributed by atoms with Crippen LogP contribution in [0.2, 0.25) is 5.02 Å². The summed E-state index contributed by atoms with van der Waals surface area (Å²) in [6, 6.07) is 2.14. The number of alkyl halides is 3. The van der Waals surface area contributed by atoms with Crippen LogP contribution in [0.25, 0.3) is 16.7 Å². The Hall–Kier alpha value is -2.20. The maximum atomic E-state index is 13.1. The van der Waals surface area contributed by atoms with Crippen molar-refractivity contribution in [3.8, 4) is 0 Å². The highest BCUT2D eigenvalue weighted by Gasteiger charge is 2.34. The standard InChI is InChI=1S/C14H13ClF3N7/c1-23-2-4-24(5-3-23)12-13-20-21-22-25(13)11-6-8(14(16,17)18)9(15)7-10(11)19-12/h6-7H,2-5H2,1H3. The summed E-state index contributed by atoms with van der Waals surface area (Å²) in [4.78, 5) is 8.71. The molecule has 1 fully saturated rings. The van der Waals surface area contributed by atoms with Crippen LogP contribution in [0.4, 0.5) is 19.0 Å². The van der Waals surface area contributed by atoms with Gasteiger partial charge in [-0.3, -0.25) is 0 Å². The van der Waals surface area contributed by atoms with Crippen LogP contribution in [0.1, 0.15) is 5.56 Å². The van der Waals surface area contributed by atoms with Crippen LogP contribution < -0.4 is 4.90 Å². The van der Waals surface area contributed by atoms with Crippen LogP contribution in [0.3, 0.4) is 0 Å². The third-order valence-electron chi connectivity index (χ3n) is 4.30. The average Bonchev–Trinajstić information content (AvgIpc) is 3.03. The number of fused-ring (bicyclic) bond motifs is 3. The maximum Gasteiger partial charge on any atom is 0.417 e. The fourth-order valence-electron chi connectivity index (χ4n) is 2.91. The van der Waals surface area contributed by atoms with Crippen molar-refractivity contribution in [2.45, 2.75) is 6.18 Å². The summed E-state index contributed by atoms with van der Waals surface area (Å²) in [5, 5.41) is 11.0. The van der Waals surface area contributed by atoms with Gasteiger partial charge in [0.1, 0.15) is 0 Å². The number of tetrazole rings is 1. The molecule has 25 heavy (non-hydrogen) atoms. The van der Waals surface area contributed by atoms with Gasteiger partial charge >= 0.3 is 6.18 Å². The summed E-state index contributed by atoms with van der Waals surface area (Å²) in [5.74, 6) is 0.543. The number of piperazine rings is 1. The Balaban J connectivity index is 1.93. The third-order valence-corrected chi connectivity index (χ3v) is 4.61. The summed E-state index contributed by atoms with van der Waals surface area (Å²) in [6.45, 7) is 3.15. The average molecular weight is 372 g/mol. The number of halogens is 4. The smallest absolute Gasteiger partial charge is 0.351 e. The van der Waals surface area contributed by atoms with Gasteiger partial charge < -0.3 is 9.80 Å². The summed E-state index contributed by atoms with van der Waals surface area (Å²) in [5.41, 5.74) is -0.138. The van der Waals surface area contributed by atoms with Gasteiger partial charge in [-0.05, 0) is 29.6 Å². The topological polar surface area (TPSA) is 62.5 Å². The third kappa shape index (κ3) is 2.74. The molecule has 0 aliphatic carbocycles. The van der Waals surface area contributed by atoms with Gasteiger partial charge in [0.15, 0.2) is 5.82 Å². The van der Waals surface area contributed by atoms with E-state index in [1.54, 1.807) is 0 Å². The van der Waals surface area contributed by atoms with Crippen LogP contribution in [0, 0.1) is 0 Å². The van der Waals surface area contributed by atoms with E-state index in [2.05, 4.69) is 25.4 Å². The number of hydrogen-bond acceptors (Lipinski definition) is 6. The highest BCUT2D eigenvalue weighted by molar-refractivity contribution is 6.32. The molecule has 0 saturated carbocycles. The number of nitrogens with zero attached hydrogens (tertiary/aromatic N) is 7. The fraction of sp³-hybridized carbons (Fsp3) is 0.429. The van der Waals surface area contributed by atoms with E-state index >= 15 is 0 Å². The van der Waals surface area contributed by atoms with Gasteiger partial charge in [-0.2, -0.15) is 17.7 Å². The van der Waals surface area contributed by atoms with Crippen molar-refractivity contribution in [3.63, 3.8) is 0 Å². The zero-order valence-electron chi connectivity index (χ0n) is 13.1. The Morgan fingerprint density at radius 1 is 1.12 bits per heavy atom. The molecule has 0 amide bonds. The lowest BCUT2D eigenvalue weighted by Gasteiger charge is -2.33. The van der Waals surface area contributed by atoms with Gasteiger partial charge in [0, 0.05) is 26.2 Å². The van der Waals surface area contributed by atoms with Crippen molar-refractivity contribution < 1.29 is 13.2 Å². The SMILES string of the molecule is CN1CCN(c2nc3cc(Cl)c(C(F)(F)F)cc3n3nnnc23)CC1. The monoisotopic (exact) mass is 371 g/mol. The molecule has 132 valence electrons. The first-order chi connectivity index (χ1) is 11.8. The van der Waals surface area contributed by atoms with E-state index in [9.17, 15) is 13.2 Å². The Morgan fingerprint density at radius 2 is 1.84 bits per heavy atom. The van der Waals surface area contributed by atoms with Crippen molar-refractivity contribution in [3.05, 3.63) is 22.7 Å². The Morgan fingerprint density at radius 3 is 2.52 bits per heavy atom. The maximum absolute atomic E-state index is 13.1. The molecule has 1 saturated heterocycles. The van der Waals surface area contributed by atoms with E-state index in [0.717, 1.165) is 32.2 Å². The second-order valence-corrected chi connectivity index (χ2v) is 6.37. The molecule has 3 heterocycles. The Labute approximate surface area is 145 Å². The molecule has 0 spiro atoms. The number of anilines is 1. The first-order valence-corrected chi connectivity index (χ1v) is 7.94. The van der Waals surface area contributed by atoms with Gasteiger partial charge in [-0.1, -0.05) is 11.6 Å². The molecule has 0 N–H and O–H groups in total. The molecule has 3 aromatic rings. The molecule has 1 aliphatic rings. The lowest BCUT2D eigenvalue weighted by Crippen LogP contribution is -2.45. The molecule has 0 atom stereocenters. The van der Waals surface area contributed by atoms with E-state index in [-0.39, 0.29) is 5.52 Å². The minimum absolute atomic E-state index is 0.162. The van der Waals surface area contributed by atoms with Crippen molar-refractivity contribution in [1.29, 1.82) is 0 Å². The molecule has 4 rings (SSSR count). The van der Waals surface area contributed by atoms with Crippen molar-refractivity contribution >= 4 is 34.1 Å². The summed E-state index contributed by atoms with van der Waals surface area (Å²) >= 11 is 5.83. The molecule has 0 bridgehead atoms. The normalized spacial score (nSPS) is 16.9. The van der Waals surface area contributed by atoms with E-state index < -0.39 is 16.8 Å². The molecule has 1 aliphatic heterocycles. The highest BCUT2D eigenvalue weighted by atomic mass is 35.5. The Bertz CT molecular complexity index is 947. The van der Waals surface area contributed by atoms with Crippen molar-refractivity contribution in [2.24, 2.45) is 0 Å². The van der Waals surface area contributed by atoms with Gasteiger partial charge in [0.05, 0.1) is 21.6 Å². The van der Waals surface area contributed by atoms with E-state index in [0.29, 0.717) is 17.0 Å². The van der Waals surface area contributed by atoms with Gasteiger partial charge in [-0.25, -0.2) is 4.98 Å². The molecular formula is C14H13ClF3N7. The molecule has 0 radical (unpaired) electrons. The first-order valence-electron chi connectivity index (χ1n) is 7.56. The van der Waals surface area contributed by atoms with Crippen LogP contribution >= 0.6 is 11.6 Å². The molecular weight excluding hydrogens is 359 g/mol. The lowest BCUT2D eigenvalue weighted by atomic mass is 10.2. The van der Waals surface area contributed by atoms with Crippen molar-refractivity contribution in [2.75, 3.05) is 38.1 Å². The van der Waals surface area contributed by atoms with Crippen LogP contribution in [-0.4, -0.2) is 63.2 Å². The molecule has 2 aromatic heterocycles. The van der Waals surface area contributed by atoms with E-state index in [4.69, 9.17) is 11.6 Å².